The van der Waals surface area contributed by atoms with Crippen molar-refractivity contribution in [2.24, 2.45) is 0 Å². The second-order valence-corrected chi connectivity index (χ2v) is 13.7. The van der Waals surface area contributed by atoms with Gasteiger partial charge in [-0.1, -0.05) is 96.8 Å². The van der Waals surface area contributed by atoms with E-state index in [1.165, 1.54) is 71.1 Å². The number of rotatable bonds is 27. The number of carbonyl (C=O) groups is 2. The van der Waals surface area contributed by atoms with E-state index in [0.717, 1.165) is 51.4 Å². The van der Waals surface area contributed by atoms with Gasteiger partial charge < -0.3 is 29.5 Å². The molecule has 2 aliphatic rings. The maximum absolute atomic E-state index is 11.9. The van der Waals surface area contributed by atoms with E-state index in [9.17, 15) is 24.9 Å². The summed E-state index contributed by atoms with van der Waals surface area (Å²) in [5, 5.41) is 31.5. The normalized spacial score (nSPS) is 22.6. The Morgan fingerprint density at radius 2 is 1.40 bits per heavy atom. The van der Waals surface area contributed by atoms with E-state index in [1.807, 2.05) is 6.92 Å². The van der Waals surface area contributed by atoms with Gasteiger partial charge in [-0.25, -0.2) is 4.79 Å². The molecule has 3 N–H and O–H groups in total. The molecule has 0 aromatic carbocycles. The second-order valence-electron chi connectivity index (χ2n) is 13.7. The second kappa shape index (κ2) is 23.8. The first-order valence-electron chi connectivity index (χ1n) is 18.5. The lowest BCUT2D eigenvalue weighted by Gasteiger charge is -2.22. The predicted octanol–water partition coefficient (Wildman–Crippen LogP) is 7.63. The first-order chi connectivity index (χ1) is 21.7. The van der Waals surface area contributed by atoms with Crippen molar-refractivity contribution in [3.8, 4) is 0 Å². The third-order valence-corrected chi connectivity index (χ3v) is 9.45. The van der Waals surface area contributed by atoms with E-state index >= 15 is 0 Å². The van der Waals surface area contributed by atoms with Gasteiger partial charge >= 0.3 is 11.9 Å². The Kier molecular flexibility index (Phi) is 21.0. The molecular formula is C37H66O8. The van der Waals surface area contributed by atoms with Crippen LogP contribution in [0.5, 0.6) is 0 Å². The fraction of sp³-hybridized carbons (Fsp3) is 0.892. The van der Waals surface area contributed by atoms with Crippen molar-refractivity contribution in [1.29, 1.82) is 0 Å². The molecule has 7 unspecified atom stereocenters. The summed E-state index contributed by atoms with van der Waals surface area (Å²) in [6.07, 6.45) is 22.2. The summed E-state index contributed by atoms with van der Waals surface area (Å²) < 4.78 is 16.7. The number of hydrogen-bond donors (Lipinski definition) is 3. The number of carbonyl (C=O) groups excluding carboxylic acids is 2. The SMILES string of the molecule is CCCCCCCCCCCCCCC(O)C(O)CCC(O)C1CCC(CCCCCC(CC2=CC(C)OC2=O)OC(C)=O)O1. The Bertz CT molecular complexity index is 829. The van der Waals surface area contributed by atoms with Gasteiger partial charge in [-0.15, -0.1) is 0 Å². The Morgan fingerprint density at radius 3 is 2.00 bits per heavy atom. The van der Waals surface area contributed by atoms with Gasteiger partial charge in [0.1, 0.15) is 12.2 Å². The maximum atomic E-state index is 11.9. The van der Waals surface area contributed by atoms with Crippen molar-refractivity contribution in [3.05, 3.63) is 11.6 Å². The van der Waals surface area contributed by atoms with Crippen LogP contribution < -0.4 is 0 Å². The van der Waals surface area contributed by atoms with E-state index < -0.39 is 18.3 Å². The Labute approximate surface area is 273 Å². The van der Waals surface area contributed by atoms with Crippen LogP contribution >= 0.6 is 0 Å². The number of ether oxygens (including phenoxy) is 3. The van der Waals surface area contributed by atoms with Crippen LogP contribution in [0.4, 0.5) is 0 Å². The lowest BCUT2D eigenvalue weighted by molar-refractivity contribution is -0.148. The zero-order chi connectivity index (χ0) is 32.9. The molecule has 0 amide bonds. The van der Waals surface area contributed by atoms with Crippen LogP contribution in [0.25, 0.3) is 0 Å². The molecular weight excluding hydrogens is 572 g/mol. The standard InChI is InChI=1S/C37H66O8/c1-4-5-6-7-8-9-10-11-12-13-14-18-21-33(39)34(40)23-24-35(41)36-25-22-31(45-36)19-16-15-17-20-32(44-29(3)38)27-30-26-28(2)43-37(30)42/h26,28,31-36,39-41H,4-25,27H2,1-3H3. The maximum Gasteiger partial charge on any atom is 0.334 e. The first kappa shape index (κ1) is 39.7. The molecule has 8 nitrogen and oxygen atoms in total. The highest BCUT2D eigenvalue weighted by atomic mass is 16.6. The predicted molar refractivity (Wildman–Crippen MR) is 178 cm³/mol. The van der Waals surface area contributed by atoms with Crippen molar-refractivity contribution in [2.75, 3.05) is 0 Å². The Balaban J connectivity index is 1.49. The smallest absolute Gasteiger partial charge is 0.334 e. The van der Waals surface area contributed by atoms with E-state index in [-0.39, 0.29) is 36.4 Å². The van der Waals surface area contributed by atoms with E-state index in [1.54, 1.807) is 6.08 Å². The number of aliphatic hydroxyl groups excluding tert-OH is 3. The van der Waals surface area contributed by atoms with Gasteiger partial charge in [0.05, 0.1) is 30.5 Å². The number of unbranched alkanes of at least 4 members (excludes halogenated alkanes) is 13. The van der Waals surface area contributed by atoms with E-state index in [4.69, 9.17) is 14.2 Å². The molecule has 0 aromatic rings. The number of aliphatic hydroxyl groups is 3. The first-order valence-corrected chi connectivity index (χ1v) is 18.5. The van der Waals surface area contributed by atoms with Crippen LogP contribution in [-0.2, 0) is 23.8 Å². The van der Waals surface area contributed by atoms with Crippen LogP contribution in [0.1, 0.15) is 168 Å². The van der Waals surface area contributed by atoms with Crippen LogP contribution in [0.3, 0.4) is 0 Å². The van der Waals surface area contributed by atoms with Crippen molar-refractivity contribution >= 4 is 11.9 Å². The summed E-state index contributed by atoms with van der Waals surface area (Å²) in [6.45, 7) is 5.46. The van der Waals surface area contributed by atoms with Gasteiger partial charge in [0.2, 0.25) is 0 Å². The molecule has 1 fully saturated rings. The number of hydrogen-bond acceptors (Lipinski definition) is 8. The summed E-state index contributed by atoms with van der Waals surface area (Å²) in [5.74, 6) is -0.666. The quantitative estimate of drug-likeness (QED) is 0.0620. The molecule has 1 saturated heterocycles. The minimum atomic E-state index is -0.806. The monoisotopic (exact) mass is 638 g/mol. The summed E-state index contributed by atoms with van der Waals surface area (Å²) >= 11 is 0. The molecule has 2 aliphatic heterocycles. The Hall–Kier alpha value is -1.48. The lowest BCUT2D eigenvalue weighted by Crippen LogP contribution is -2.31. The molecule has 0 spiro atoms. The molecule has 8 heteroatoms. The van der Waals surface area contributed by atoms with Crippen LogP contribution in [0.2, 0.25) is 0 Å². The van der Waals surface area contributed by atoms with Crippen LogP contribution in [-0.4, -0.2) is 70.0 Å². The third kappa shape index (κ3) is 17.9. The molecule has 0 bridgehead atoms. The lowest BCUT2D eigenvalue weighted by atomic mass is 9.97. The summed E-state index contributed by atoms with van der Waals surface area (Å²) in [5.41, 5.74) is 0.583. The summed E-state index contributed by atoms with van der Waals surface area (Å²) in [6, 6.07) is 0. The highest BCUT2D eigenvalue weighted by molar-refractivity contribution is 5.90. The van der Waals surface area contributed by atoms with Gasteiger partial charge in [-0.2, -0.15) is 0 Å². The third-order valence-electron chi connectivity index (χ3n) is 9.45. The van der Waals surface area contributed by atoms with Gasteiger partial charge in [0.15, 0.2) is 0 Å². The van der Waals surface area contributed by atoms with Gasteiger partial charge in [-0.3, -0.25) is 4.79 Å². The average molecular weight is 639 g/mol. The molecule has 0 saturated carbocycles. The van der Waals surface area contributed by atoms with Crippen molar-refractivity contribution < 1.29 is 39.1 Å². The minimum Gasteiger partial charge on any atom is -0.462 e. The van der Waals surface area contributed by atoms with Crippen molar-refractivity contribution in [2.45, 2.75) is 211 Å². The zero-order valence-corrected chi connectivity index (χ0v) is 28.8. The largest absolute Gasteiger partial charge is 0.462 e. The fourth-order valence-electron chi connectivity index (χ4n) is 6.72. The highest BCUT2D eigenvalue weighted by Gasteiger charge is 2.31. The van der Waals surface area contributed by atoms with E-state index in [0.29, 0.717) is 37.7 Å². The summed E-state index contributed by atoms with van der Waals surface area (Å²) in [7, 11) is 0. The molecule has 0 radical (unpaired) electrons. The topological polar surface area (TPSA) is 123 Å². The van der Waals surface area contributed by atoms with Crippen molar-refractivity contribution in [3.63, 3.8) is 0 Å². The molecule has 0 aromatic heterocycles. The number of cyclic esters (lactones) is 1. The highest BCUT2D eigenvalue weighted by Crippen LogP contribution is 2.29. The summed E-state index contributed by atoms with van der Waals surface area (Å²) in [4.78, 5) is 23.5. The van der Waals surface area contributed by atoms with Crippen molar-refractivity contribution in [1.82, 2.24) is 0 Å². The molecule has 45 heavy (non-hydrogen) atoms. The van der Waals surface area contributed by atoms with E-state index in [2.05, 4.69) is 6.92 Å². The van der Waals surface area contributed by atoms with Crippen LogP contribution in [0, 0.1) is 0 Å². The van der Waals surface area contributed by atoms with Gasteiger partial charge in [0.25, 0.3) is 0 Å². The average Bonchev–Trinajstić information content (AvgIpc) is 3.60. The molecule has 2 heterocycles. The fourth-order valence-corrected chi connectivity index (χ4v) is 6.72. The minimum absolute atomic E-state index is 0.120. The van der Waals surface area contributed by atoms with Crippen LogP contribution in [0.15, 0.2) is 11.6 Å². The zero-order valence-electron chi connectivity index (χ0n) is 28.8. The Morgan fingerprint density at radius 1 is 0.822 bits per heavy atom. The van der Waals surface area contributed by atoms with Gasteiger partial charge in [0, 0.05) is 18.9 Å². The molecule has 262 valence electrons. The molecule has 7 atom stereocenters. The van der Waals surface area contributed by atoms with Gasteiger partial charge in [-0.05, 0) is 64.4 Å². The number of esters is 2. The molecule has 0 aliphatic carbocycles. The molecule has 2 rings (SSSR count).